The van der Waals surface area contributed by atoms with Crippen molar-refractivity contribution < 1.29 is 19.1 Å². The standard InChI is InChI=1S/C24H23NO4/c1-15-6-4-5-11-25(15)14-19-20(26)10-9-18-23(27)22(29-24(18)19)13-17-12-16-7-2-3-8-21(16)28-17/h2-3,7-10,12-13,15,26H,4-6,11,14H2,1H3/b22-13-/t15-/m1/s1. The molecule has 1 fully saturated rings. The number of ketones is 1. The molecule has 2 aliphatic heterocycles. The molecule has 3 heterocycles. The van der Waals surface area contributed by atoms with Crippen molar-refractivity contribution in [3.63, 3.8) is 0 Å². The first kappa shape index (κ1) is 18.0. The van der Waals surface area contributed by atoms with Gasteiger partial charge in [0.05, 0.1) is 11.1 Å². The van der Waals surface area contributed by atoms with Gasteiger partial charge in [-0.15, -0.1) is 0 Å². The molecule has 1 N–H and O–H groups in total. The van der Waals surface area contributed by atoms with Crippen LogP contribution in [0.1, 0.15) is 47.9 Å². The number of piperidine rings is 1. The number of benzene rings is 2. The molecule has 0 unspecified atom stereocenters. The molecule has 0 radical (unpaired) electrons. The molecule has 5 rings (SSSR count). The number of allylic oxidation sites excluding steroid dienone is 1. The largest absolute Gasteiger partial charge is 0.507 e. The fourth-order valence-corrected chi connectivity index (χ4v) is 4.25. The van der Waals surface area contributed by atoms with Crippen LogP contribution in [0.2, 0.25) is 0 Å². The van der Waals surface area contributed by atoms with Crippen molar-refractivity contribution in [2.75, 3.05) is 6.54 Å². The third kappa shape index (κ3) is 3.21. The topological polar surface area (TPSA) is 62.9 Å². The maximum absolute atomic E-state index is 12.9. The zero-order valence-corrected chi connectivity index (χ0v) is 16.4. The minimum absolute atomic E-state index is 0.166. The first-order valence-electron chi connectivity index (χ1n) is 10.1. The van der Waals surface area contributed by atoms with Crippen molar-refractivity contribution in [1.29, 1.82) is 0 Å². The predicted octanol–water partition coefficient (Wildman–Crippen LogP) is 5.13. The van der Waals surface area contributed by atoms with Gasteiger partial charge in [-0.05, 0) is 50.6 Å². The van der Waals surface area contributed by atoms with E-state index in [1.165, 1.54) is 6.42 Å². The summed E-state index contributed by atoms with van der Waals surface area (Å²) >= 11 is 0. The Morgan fingerprint density at radius 3 is 2.90 bits per heavy atom. The third-order valence-electron chi connectivity index (χ3n) is 5.94. The molecule has 0 spiro atoms. The molecule has 1 saturated heterocycles. The molecule has 29 heavy (non-hydrogen) atoms. The number of aromatic hydroxyl groups is 1. The molecule has 2 aliphatic rings. The van der Waals surface area contributed by atoms with Gasteiger partial charge in [-0.25, -0.2) is 0 Å². The van der Waals surface area contributed by atoms with Crippen LogP contribution >= 0.6 is 0 Å². The molecule has 2 aromatic carbocycles. The molecule has 0 amide bonds. The summed E-state index contributed by atoms with van der Waals surface area (Å²) in [7, 11) is 0. The smallest absolute Gasteiger partial charge is 0.232 e. The van der Waals surface area contributed by atoms with Crippen LogP contribution in [0.25, 0.3) is 17.0 Å². The Hall–Kier alpha value is -3.05. The van der Waals surface area contributed by atoms with Gasteiger partial charge in [-0.1, -0.05) is 24.6 Å². The van der Waals surface area contributed by atoms with E-state index >= 15 is 0 Å². The second-order valence-electron chi connectivity index (χ2n) is 7.88. The van der Waals surface area contributed by atoms with Crippen LogP contribution in [0.15, 0.2) is 52.6 Å². The number of para-hydroxylation sites is 1. The average molecular weight is 389 g/mol. The van der Waals surface area contributed by atoms with Gasteiger partial charge in [0.15, 0.2) is 5.76 Å². The molecule has 1 aromatic heterocycles. The number of likely N-dealkylation sites (tertiary alicyclic amines) is 1. The fourth-order valence-electron chi connectivity index (χ4n) is 4.25. The monoisotopic (exact) mass is 389 g/mol. The van der Waals surface area contributed by atoms with E-state index in [1.54, 1.807) is 18.2 Å². The van der Waals surface area contributed by atoms with E-state index in [0.717, 1.165) is 30.4 Å². The van der Waals surface area contributed by atoms with E-state index in [2.05, 4.69) is 11.8 Å². The third-order valence-corrected chi connectivity index (χ3v) is 5.94. The van der Waals surface area contributed by atoms with Gasteiger partial charge in [-0.3, -0.25) is 9.69 Å². The first-order chi connectivity index (χ1) is 14.1. The van der Waals surface area contributed by atoms with Crippen LogP contribution in [0.4, 0.5) is 0 Å². The zero-order valence-electron chi connectivity index (χ0n) is 16.4. The summed E-state index contributed by atoms with van der Waals surface area (Å²) in [5.41, 5.74) is 1.93. The van der Waals surface area contributed by atoms with Crippen LogP contribution in [0, 0.1) is 0 Å². The Morgan fingerprint density at radius 2 is 2.07 bits per heavy atom. The lowest BCUT2D eigenvalue weighted by molar-refractivity contribution is 0.101. The molecule has 3 aromatic rings. The molecular weight excluding hydrogens is 366 g/mol. The molecular formula is C24H23NO4. The highest BCUT2D eigenvalue weighted by Gasteiger charge is 2.32. The van der Waals surface area contributed by atoms with Gasteiger partial charge in [0.2, 0.25) is 5.78 Å². The van der Waals surface area contributed by atoms with Crippen LogP contribution in [0.3, 0.4) is 0 Å². The van der Waals surface area contributed by atoms with Gasteiger partial charge in [-0.2, -0.15) is 0 Å². The van der Waals surface area contributed by atoms with Crippen molar-refractivity contribution in [2.45, 2.75) is 38.8 Å². The molecule has 1 atom stereocenters. The Morgan fingerprint density at radius 1 is 1.21 bits per heavy atom. The summed E-state index contributed by atoms with van der Waals surface area (Å²) in [5.74, 6) is 1.23. The second kappa shape index (κ2) is 7.08. The normalized spacial score (nSPS) is 20.9. The molecule has 148 valence electrons. The number of hydrogen-bond acceptors (Lipinski definition) is 5. The highest BCUT2D eigenvalue weighted by atomic mass is 16.5. The van der Waals surface area contributed by atoms with E-state index in [1.807, 2.05) is 30.3 Å². The van der Waals surface area contributed by atoms with Gasteiger partial charge in [0.25, 0.3) is 0 Å². The highest BCUT2D eigenvalue weighted by molar-refractivity contribution is 6.15. The molecule has 0 bridgehead atoms. The van der Waals surface area contributed by atoms with Crippen LogP contribution in [0.5, 0.6) is 11.5 Å². The van der Waals surface area contributed by atoms with E-state index in [9.17, 15) is 9.90 Å². The fraction of sp³-hybridized carbons (Fsp3) is 0.292. The van der Waals surface area contributed by atoms with Crippen LogP contribution in [-0.4, -0.2) is 28.4 Å². The van der Waals surface area contributed by atoms with Crippen molar-refractivity contribution >= 4 is 22.8 Å². The summed E-state index contributed by atoms with van der Waals surface area (Å²) in [6.45, 7) is 3.76. The Labute approximate surface area is 169 Å². The lowest BCUT2D eigenvalue weighted by atomic mass is 10.0. The number of Topliss-reactive ketones (excluding diaryl/α,β-unsaturated/α-hetero) is 1. The maximum atomic E-state index is 12.9. The number of phenolic OH excluding ortho intramolecular Hbond substituents is 1. The summed E-state index contributed by atoms with van der Waals surface area (Å²) in [6.07, 6.45) is 5.16. The number of nitrogens with zero attached hydrogens (tertiary/aromatic N) is 1. The van der Waals surface area contributed by atoms with E-state index in [4.69, 9.17) is 9.15 Å². The van der Waals surface area contributed by atoms with E-state index < -0.39 is 0 Å². The van der Waals surface area contributed by atoms with Crippen molar-refractivity contribution in [1.82, 2.24) is 4.90 Å². The minimum Gasteiger partial charge on any atom is -0.507 e. The molecule has 0 saturated carbocycles. The quantitative estimate of drug-likeness (QED) is 0.629. The molecule has 5 heteroatoms. The number of fused-ring (bicyclic) bond motifs is 2. The van der Waals surface area contributed by atoms with Crippen molar-refractivity contribution in [3.05, 3.63) is 65.1 Å². The molecule has 5 nitrogen and oxygen atoms in total. The van der Waals surface area contributed by atoms with Crippen LogP contribution in [-0.2, 0) is 6.54 Å². The number of carbonyl (C=O) groups is 1. The number of ether oxygens (including phenoxy) is 1. The maximum Gasteiger partial charge on any atom is 0.232 e. The lowest BCUT2D eigenvalue weighted by Gasteiger charge is -2.33. The minimum atomic E-state index is -0.187. The molecule has 0 aliphatic carbocycles. The van der Waals surface area contributed by atoms with E-state index in [-0.39, 0.29) is 17.3 Å². The SMILES string of the molecule is C[C@@H]1CCCCN1Cc1c(O)ccc2c1O/C(=C\c1cc3ccccc3o1)C2=O. The van der Waals surface area contributed by atoms with Gasteiger partial charge >= 0.3 is 0 Å². The number of phenols is 1. The Balaban J connectivity index is 1.48. The highest BCUT2D eigenvalue weighted by Crippen LogP contribution is 2.41. The van der Waals surface area contributed by atoms with E-state index in [0.29, 0.717) is 35.2 Å². The number of hydrogen-bond donors (Lipinski definition) is 1. The second-order valence-corrected chi connectivity index (χ2v) is 7.88. The van der Waals surface area contributed by atoms with Gasteiger partial charge in [0.1, 0.15) is 22.8 Å². The van der Waals surface area contributed by atoms with Crippen LogP contribution < -0.4 is 4.74 Å². The zero-order chi connectivity index (χ0) is 20.0. The average Bonchev–Trinajstić information content (AvgIpc) is 3.26. The summed E-state index contributed by atoms with van der Waals surface area (Å²) in [6, 6.07) is 13.3. The Kier molecular flexibility index (Phi) is 4.40. The number of carbonyl (C=O) groups excluding carboxylic acids is 1. The lowest BCUT2D eigenvalue weighted by Crippen LogP contribution is -2.36. The predicted molar refractivity (Wildman–Crippen MR) is 111 cm³/mol. The van der Waals surface area contributed by atoms with Gasteiger partial charge in [0, 0.05) is 24.0 Å². The summed E-state index contributed by atoms with van der Waals surface area (Å²) in [5, 5.41) is 11.5. The summed E-state index contributed by atoms with van der Waals surface area (Å²) in [4.78, 5) is 15.2. The van der Waals surface area contributed by atoms with Crippen molar-refractivity contribution in [3.8, 4) is 11.5 Å². The Bertz CT molecular complexity index is 1090. The first-order valence-corrected chi connectivity index (χ1v) is 10.1. The van der Waals surface area contributed by atoms with Crippen molar-refractivity contribution in [2.24, 2.45) is 0 Å². The number of rotatable bonds is 3. The number of furan rings is 1. The summed E-state index contributed by atoms with van der Waals surface area (Å²) < 4.78 is 11.8. The van der Waals surface area contributed by atoms with Gasteiger partial charge < -0.3 is 14.3 Å².